The van der Waals surface area contributed by atoms with Gasteiger partial charge < -0.3 is 0 Å². The van der Waals surface area contributed by atoms with Crippen molar-refractivity contribution in [2.45, 2.75) is 13.3 Å². The number of amides is 1. The van der Waals surface area contributed by atoms with Gasteiger partial charge in [-0.2, -0.15) is 5.10 Å². The second-order valence-corrected chi connectivity index (χ2v) is 5.90. The van der Waals surface area contributed by atoms with Crippen molar-refractivity contribution in [1.29, 1.82) is 0 Å². The predicted molar refractivity (Wildman–Crippen MR) is 73.1 cm³/mol. The lowest BCUT2D eigenvalue weighted by Crippen LogP contribution is -2.31. The molecule has 0 saturated heterocycles. The lowest BCUT2D eigenvalue weighted by atomic mass is 9.94. The number of thiazole rings is 1. The average Bonchev–Trinajstić information content (AvgIpc) is 2.68. The molecule has 1 amide bonds. The predicted octanol–water partition coefficient (Wildman–Crippen LogP) is 2.81. The number of hydrogen-bond donors (Lipinski definition) is 1. The third kappa shape index (κ3) is 2.00. The molecule has 0 saturated carbocycles. The van der Waals surface area contributed by atoms with Crippen LogP contribution in [0.15, 0.2) is 23.3 Å². The van der Waals surface area contributed by atoms with E-state index in [4.69, 9.17) is 11.6 Å². The van der Waals surface area contributed by atoms with Crippen molar-refractivity contribution in [3.63, 3.8) is 0 Å². The number of halogens is 1. The minimum Gasteiger partial charge on any atom is -0.273 e. The highest BCUT2D eigenvalue weighted by molar-refractivity contribution is 7.22. The quantitative estimate of drug-likeness (QED) is 0.873. The number of hydrogen-bond acceptors (Lipinski definition) is 4. The van der Waals surface area contributed by atoms with Crippen LogP contribution < -0.4 is 5.43 Å². The number of benzene rings is 1. The van der Waals surface area contributed by atoms with Gasteiger partial charge in [0.25, 0.3) is 0 Å². The minimum absolute atomic E-state index is 0.0341. The largest absolute Gasteiger partial charge is 0.273 e. The van der Waals surface area contributed by atoms with Crippen LogP contribution in [0.1, 0.15) is 18.9 Å². The molecule has 0 bridgehead atoms. The zero-order valence-corrected chi connectivity index (χ0v) is 11.2. The zero-order chi connectivity index (χ0) is 12.7. The summed E-state index contributed by atoms with van der Waals surface area (Å²) >= 11 is 7.33. The summed E-state index contributed by atoms with van der Waals surface area (Å²) < 4.78 is 1.57. The van der Waals surface area contributed by atoms with Gasteiger partial charge in [0.2, 0.25) is 5.91 Å². The Balaban J connectivity index is 2.06. The van der Waals surface area contributed by atoms with Crippen LogP contribution in [-0.2, 0) is 4.79 Å². The molecule has 92 valence electrons. The summed E-state index contributed by atoms with van der Waals surface area (Å²) in [4.78, 5) is 15.4. The highest BCUT2D eigenvalue weighted by Gasteiger charge is 2.21. The van der Waals surface area contributed by atoms with Gasteiger partial charge in [-0.15, -0.1) is 11.3 Å². The number of nitrogens with one attached hydrogen (secondary N) is 1. The molecular formula is C12H10ClN3OS. The minimum atomic E-state index is -0.0341. The van der Waals surface area contributed by atoms with Crippen molar-refractivity contribution in [2.75, 3.05) is 0 Å². The highest BCUT2D eigenvalue weighted by Crippen LogP contribution is 2.28. The molecule has 1 aliphatic rings. The average molecular weight is 280 g/mol. The smallest absolute Gasteiger partial charge is 0.240 e. The summed E-state index contributed by atoms with van der Waals surface area (Å²) in [6.07, 6.45) is 0.473. The molecule has 1 aromatic heterocycles. The number of rotatable bonds is 1. The molecule has 1 unspecified atom stereocenters. The Labute approximate surface area is 113 Å². The molecule has 0 radical (unpaired) electrons. The SMILES string of the molecule is CC1CC(=O)NN=C1c1ccc2nc(Cl)sc2c1. The maximum absolute atomic E-state index is 11.2. The van der Waals surface area contributed by atoms with Crippen LogP contribution in [0.3, 0.4) is 0 Å². The van der Waals surface area contributed by atoms with E-state index in [-0.39, 0.29) is 11.8 Å². The lowest BCUT2D eigenvalue weighted by Gasteiger charge is -2.18. The van der Waals surface area contributed by atoms with Crippen LogP contribution >= 0.6 is 22.9 Å². The third-order valence-corrected chi connectivity index (χ3v) is 4.04. The second kappa shape index (κ2) is 4.33. The molecule has 0 aliphatic carbocycles. The molecular weight excluding hydrogens is 270 g/mol. The fourth-order valence-electron chi connectivity index (χ4n) is 2.06. The first-order valence-corrected chi connectivity index (χ1v) is 6.76. The molecule has 4 nitrogen and oxygen atoms in total. The van der Waals surface area contributed by atoms with Gasteiger partial charge in [0.1, 0.15) is 0 Å². The Hall–Kier alpha value is -1.46. The summed E-state index contributed by atoms with van der Waals surface area (Å²) in [7, 11) is 0. The molecule has 18 heavy (non-hydrogen) atoms. The van der Waals surface area contributed by atoms with Crippen LogP contribution in [0, 0.1) is 5.92 Å². The molecule has 6 heteroatoms. The van der Waals surface area contributed by atoms with E-state index in [9.17, 15) is 4.79 Å². The Morgan fingerprint density at radius 1 is 1.50 bits per heavy atom. The maximum Gasteiger partial charge on any atom is 0.240 e. The first-order chi connectivity index (χ1) is 8.63. The van der Waals surface area contributed by atoms with E-state index < -0.39 is 0 Å². The molecule has 1 N–H and O–H groups in total. The fraction of sp³-hybridized carbons (Fsp3) is 0.250. The zero-order valence-electron chi connectivity index (χ0n) is 9.61. The van der Waals surface area contributed by atoms with E-state index in [0.29, 0.717) is 10.9 Å². The summed E-state index contributed by atoms with van der Waals surface area (Å²) in [6, 6.07) is 5.91. The monoisotopic (exact) mass is 279 g/mol. The second-order valence-electron chi connectivity index (χ2n) is 4.29. The first kappa shape index (κ1) is 11.6. The molecule has 1 atom stereocenters. The molecule has 2 heterocycles. The Morgan fingerprint density at radius 3 is 3.11 bits per heavy atom. The normalized spacial score (nSPS) is 19.8. The molecule has 1 aromatic carbocycles. The molecule has 1 aliphatic heterocycles. The van der Waals surface area contributed by atoms with Gasteiger partial charge in [0.05, 0.1) is 15.9 Å². The third-order valence-electron chi connectivity index (χ3n) is 2.92. The van der Waals surface area contributed by atoms with Crippen molar-refractivity contribution >= 4 is 44.8 Å². The van der Waals surface area contributed by atoms with Gasteiger partial charge in [-0.3, -0.25) is 4.79 Å². The number of carbonyl (C=O) groups is 1. The van der Waals surface area contributed by atoms with Gasteiger partial charge in [-0.1, -0.05) is 24.6 Å². The topological polar surface area (TPSA) is 54.4 Å². The summed E-state index contributed by atoms with van der Waals surface area (Å²) in [5, 5.41) is 4.14. The maximum atomic E-state index is 11.2. The van der Waals surface area contributed by atoms with Crippen molar-refractivity contribution in [2.24, 2.45) is 11.0 Å². The van der Waals surface area contributed by atoms with Crippen molar-refractivity contribution in [3.05, 3.63) is 28.2 Å². The Bertz CT molecular complexity index is 664. The van der Waals surface area contributed by atoms with Gasteiger partial charge in [0.15, 0.2) is 4.47 Å². The first-order valence-electron chi connectivity index (χ1n) is 5.56. The summed E-state index contributed by atoms with van der Waals surface area (Å²) in [5.41, 5.74) is 5.33. The van der Waals surface area contributed by atoms with Gasteiger partial charge in [-0.25, -0.2) is 10.4 Å². The van der Waals surface area contributed by atoms with Gasteiger partial charge >= 0.3 is 0 Å². The number of nitrogens with zero attached hydrogens (tertiary/aromatic N) is 2. The number of carbonyl (C=O) groups excluding carboxylic acids is 1. The van der Waals surface area contributed by atoms with Crippen molar-refractivity contribution < 1.29 is 4.79 Å². The van der Waals surface area contributed by atoms with Crippen LogP contribution in [-0.4, -0.2) is 16.6 Å². The van der Waals surface area contributed by atoms with Gasteiger partial charge in [0, 0.05) is 12.3 Å². The number of fused-ring (bicyclic) bond motifs is 1. The van der Waals surface area contributed by atoms with E-state index in [0.717, 1.165) is 21.5 Å². The van der Waals surface area contributed by atoms with Crippen LogP contribution in [0.2, 0.25) is 4.47 Å². The number of aromatic nitrogens is 1. The molecule has 0 spiro atoms. The Kier molecular flexibility index (Phi) is 2.80. The molecule has 3 rings (SSSR count). The van der Waals surface area contributed by atoms with E-state index in [1.54, 1.807) is 0 Å². The van der Waals surface area contributed by atoms with Crippen LogP contribution in [0.5, 0.6) is 0 Å². The molecule has 2 aromatic rings. The van der Waals surface area contributed by atoms with E-state index in [1.807, 2.05) is 25.1 Å². The fourth-order valence-corrected chi connectivity index (χ4v) is 3.13. The highest BCUT2D eigenvalue weighted by atomic mass is 35.5. The standard InChI is InChI=1S/C12H10ClN3OS/c1-6-4-10(17)15-16-11(6)7-2-3-8-9(5-7)18-12(13)14-8/h2-3,5-6H,4H2,1H3,(H,15,17). The molecule has 0 fully saturated rings. The van der Waals surface area contributed by atoms with Crippen LogP contribution in [0.25, 0.3) is 10.2 Å². The summed E-state index contributed by atoms with van der Waals surface area (Å²) in [5.74, 6) is 0.0905. The lowest BCUT2D eigenvalue weighted by molar-refractivity contribution is -0.121. The Morgan fingerprint density at radius 2 is 2.33 bits per heavy atom. The van der Waals surface area contributed by atoms with Crippen molar-refractivity contribution in [3.8, 4) is 0 Å². The van der Waals surface area contributed by atoms with Gasteiger partial charge in [-0.05, 0) is 17.7 Å². The van der Waals surface area contributed by atoms with E-state index >= 15 is 0 Å². The van der Waals surface area contributed by atoms with Crippen LogP contribution in [0.4, 0.5) is 0 Å². The van der Waals surface area contributed by atoms with Crippen molar-refractivity contribution in [1.82, 2.24) is 10.4 Å². The van der Waals surface area contributed by atoms with E-state index in [2.05, 4.69) is 15.5 Å². The summed E-state index contributed by atoms with van der Waals surface area (Å²) in [6.45, 7) is 2.00. The number of hydrazone groups is 1. The van der Waals surface area contributed by atoms with E-state index in [1.165, 1.54) is 11.3 Å².